The van der Waals surface area contributed by atoms with Crippen molar-refractivity contribution in [2.45, 2.75) is 52.5 Å². The van der Waals surface area contributed by atoms with Gasteiger partial charge in [-0.25, -0.2) is 0 Å². The van der Waals surface area contributed by atoms with Crippen LogP contribution in [0.5, 0.6) is 0 Å². The minimum Gasteiger partial charge on any atom is -0.313 e. The van der Waals surface area contributed by atoms with Crippen LogP contribution in [0.2, 0.25) is 0 Å². The topological polar surface area (TPSA) is 35.8 Å². The normalized spacial score (nSPS) is 14.9. The molecule has 0 bridgehead atoms. The molecule has 0 aromatic heterocycles. The number of unbranched alkanes of at least 4 members (excludes halogenated alkanes) is 2. The molecular formula is C11H22N2. The number of nitrogens with one attached hydrogen (secondary N) is 1. The Labute approximate surface area is 82.3 Å². The molecule has 0 radical (unpaired) electrons. The van der Waals surface area contributed by atoms with Crippen molar-refractivity contribution in [3.05, 3.63) is 0 Å². The zero-order valence-corrected chi connectivity index (χ0v) is 9.14. The first-order chi connectivity index (χ1) is 6.20. The number of rotatable bonds is 7. The van der Waals surface area contributed by atoms with Crippen molar-refractivity contribution in [2.75, 3.05) is 6.54 Å². The van der Waals surface area contributed by atoms with Gasteiger partial charge in [0.15, 0.2) is 0 Å². The largest absolute Gasteiger partial charge is 0.313 e. The maximum atomic E-state index is 8.57. The third kappa shape index (κ3) is 7.80. The van der Waals surface area contributed by atoms with Crippen LogP contribution in [-0.4, -0.2) is 12.6 Å². The molecule has 0 spiro atoms. The highest BCUT2D eigenvalue weighted by Crippen LogP contribution is 2.03. The summed E-state index contributed by atoms with van der Waals surface area (Å²) >= 11 is 0. The van der Waals surface area contributed by atoms with Gasteiger partial charge in [-0.1, -0.05) is 26.2 Å². The van der Waals surface area contributed by atoms with E-state index in [9.17, 15) is 0 Å². The van der Waals surface area contributed by atoms with E-state index in [0.717, 1.165) is 6.54 Å². The van der Waals surface area contributed by atoms with Crippen LogP contribution in [0.3, 0.4) is 0 Å². The van der Waals surface area contributed by atoms with Crippen molar-refractivity contribution in [1.82, 2.24) is 5.32 Å². The zero-order chi connectivity index (χ0) is 10.1. The molecule has 1 N–H and O–H groups in total. The Morgan fingerprint density at radius 3 is 2.54 bits per heavy atom. The van der Waals surface area contributed by atoms with Crippen LogP contribution < -0.4 is 5.32 Å². The minimum absolute atomic E-state index is 0.133. The van der Waals surface area contributed by atoms with E-state index in [4.69, 9.17) is 5.26 Å². The quantitative estimate of drug-likeness (QED) is 0.614. The zero-order valence-electron chi connectivity index (χ0n) is 9.14. The van der Waals surface area contributed by atoms with Crippen LogP contribution >= 0.6 is 0 Å². The number of nitrogens with zero attached hydrogens (tertiary/aromatic N) is 1. The molecule has 2 atom stereocenters. The van der Waals surface area contributed by atoms with Crippen LogP contribution in [0.1, 0.15) is 46.5 Å². The van der Waals surface area contributed by atoms with Crippen molar-refractivity contribution in [3.63, 3.8) is 0 Å². The van der Waals surface area contributed by atoms with Crippen LogP contribution in [-0.2, 0) is 0 Å². The molecule has 0 heterocycles. The van der Waals surface area contributed by atoms with E-state index >= 15 is 0 Å². The summed E-state index contributed by atoms with van der Waals surface area (Å²) in [5.41, 5.74) is 0. The van der Waals surface area contributed by atoms with Gasteiger partial charge in [-0.05, 0) is 20.3 Å². The number of hydrogen-bond acceptors (Lipinski definition) is 2. The van der Waals surface area contributed by atoms with Crippen molar-refractivity contribution < 1.29 is 0 Å². The Hall–Kier alpha value is -0.550. The second-order valence-corrected chi connectivity index (χ2v) is 3.84. The second-order valence-electron chi connectivity index (χ2n) is 3.84. The molecule has 0 aliphatic rings. The Kier molecular flexibility index (Phi) is 7.73. The van der Waals surface area contributed by atoms with Crippen LogP contribution in [0.25, 0.3) is 0 Å². The maximum absolute atomic E-state index is 8.57. The lowest BCUT2D eigenvalue weighted by atomic mass is 10.1. The molecule has 13 heavy (non-hydrogen) atoms. The molecule has 2 nitrogen and oxygen atoms in total. The van der Waals surface area contributed by atoms with E-state index in [1.54, 1.807) is 0 Å². The van der Waals surface area contributed by atoms with E-state index < -0.39 is 0 Å². The third-order valence-electron chi connectivity index (χ3n) is 2.23. The minimum atomic E-state index is 0.133. The molecule has 0 amide bonds. The summed E-state index contributed by atoms with van der Waals surface area (Å²) in [7, 11) is 0. The van der Waals surface area contributed by atoms with Gasteiger partial charge in [0.25, 0.3) is 0 Å². The van der Waals surface area contributed by atoms with Gasteiger partial charge in [-0.2, -0.15) is 5.26 Å². The molecule has 2 unspecified atom stereocenters. The van der Waals surface area contributed by atoms with Crippen LogP contribution in [0, 0.1) is 17.2 Å². The van der Waals surface area contributed by atoms with Gasteiger partial charge in [0.05, 0.1) is 12.0 Å². The molecular weight excluding hydrogens is 160 g/mol. The summed E-state index contributed by atoms with van der Waals surface area (Å²) in [6, 6.07) is 2.78. The Morgan fingerprint density at radius 2 is 2.00 bits per heavy atom. The molecule has 0 saturated carbocycles. The summed E-state index contributed by atoms with van der Waals surface area (Å²) < 4.78 is 0. The lowest BCUT2D eigenvalue weighted by Gasteiger charge is -2.13. The first-order valence-corrected chi connectivity index (χ1v) is 5.33. The van der Waals surface area contributed by atoms with Gasteiger partial charge in [-0.3, -0.25) is 0 Å². The fraction of sp³-hybridized carbons (Fsp3) is 0.909. The number of nitriles is 1. The van der Waals surface area contributed by atoms with E-state index in [2.05, 4.69) is 25.2 Å². The molecule has 0 aromatic rings. The highest BCUT2D eigenvalue weighted by molar-refractivity contribution is 4.80. The first-order valence-electron chi connectivity index (χ1n) is 5.33. The Bertz CT molecular complexity index is 149. The van der Waals surface area contributed by atoms with Gasteiger partial charge >= 0.3 is 0 Å². The lowest BCUT2D eigenvalue weighted by molar-refractivity contribution is 0.466. The standard InChI is InChI=1S/C11H22N2/c1-4-5-6-7-11(3)13-9-10(2)8-12/h10-11,13H,4-7,9H2,1-3H3. The average Bonchev–Trinajstić information content (AvgIpc) is 2.14. The summed E-state index contributed by atoms with van der Waals surface area (Å²) in [6.45, 7) is 7.19. The van der Waals surface area contributed by atoms with Gasteiger partial charge in [-0.15, -0.1) is 0 Å². The van der Waals surface area contributed by atoms with E-state index in [1.165, 1.54) is 25.7 Å². The molecule has 0 saturated heterocycles. The summed E-state index contributed by atoms with van der Waals surface area (Å²) in [5, 5.41) is 11.9. The van der Waals surface area contributed by atoms with E-state index in [1.807, 2.05) is 6.92 Å². The second kappa shape index (κ2) is 8.07. The highest BCUT2D eigenvalue weighted by Gasteiger charge is 2.03. The predicted molar refractivity (Wildman–Crippen MR) is 56.4 cm³/mol. The third-order valence-corrected chi connectivity index (χ3v) is 2.23. The molecule has 0 fully saturated rings. The molecule has 0 rings (SSSR count). The van der Waals surface area contributed by atoms with Gasteiger partial charge in [0, 0.05) is 12.6 Å². The molecule has 0 aliphatic carbocycles. The maximum Gasteiger partial charge on any atom is 0.0666 e. The van der Waals surface area contributed by atoms with E-state index in [-0.39, 0.29) is 5.92 Å². The Balaban J connectivity index is 3.30. The van der Waals surface area contributed by atoms with Crippen molar-refractivity contribution >= 4 is 0 Å². The van der Waals surface area contributed by atoms with Crippen LogP contribution in [0.15, 0.2) is 0 Å². The predicted octanol–water partition coefficient (Wildman–Crippen LogP) is 2.70. The van der Waals surface area contributed by atoms with Crippen LogP contribution in [0.4, 0.5) is 0 Å². The smallest absolute Gasteiger partial charge is 0.0666 e. The summed E-state index contributed by atoms with van der Waals surface area (Å²) in [6.07, 6.45) is 5.12. The fourth-order valence-electron chi connectivity index (χ4n) is 1.23. The highest BCUT2D eigenvalue weighted by atomic mass is 14.9. The molecule has 76 valence electrons. The van der Waals surface area contributed by atoms with Gasteiger partial charge in [0.2, 0.25) is 0 Å². The molecule has 0 aliphatic heterocycles. The van der Waals surface area contributed by atoms with E-state index in [0.29, 0.717) is 6.04 Å². The Morgan fingerprint density at radius 1 is 1.31 bits per heavy atom. The molecule has 2 heteroatoms. The first kappa shape index (κ1) is 12.4. The van der Waals surface area contributed by atoms with Gasteiger partial charge < -0.3 is 5.32 Å². The monoisotopic (exact) mass is 182 g/mol. The lowest BCUT2D eigenvalue weighted by Crippen LogP contribution is -2.29. The van der Waals surface area contributed by atoms with Gasteiger partial charge in [0.1, 0.15) is 0 Å². The average molecular weight is 182 g/mol. The number of hydrogen-bond donors (Lipinski definition) is 1. The SMILES string of the molecule is CCCCCC(C)NCC(C)C#N. The van der Waals surface area contributed by atoms with Crippen molar-refractivity contribution in [3.8, 4) is 6.07 Å². The molecule has 0 aromatic carbocycles. The summed E-state index contributed by atoms with van der Waals surface area (Å²) in [5.74, 6) is 0.133. The summed E-state index contributed by atoms with van der Waals surface area (Å²) in [4.78, 5) is 0. The fourth-order valence-corrected chi connectivity index (χ4v) is 1.23. The van der Waals surface area contributed by atoms with Crippen molar-refractivity contribution in [2.24, 2.45) is 5.92 Å². The van der Waals surface area contributed by atoms with Crippen molar-refractivity contribution in [1.29, 1.82) is 5.26 Å².